The van der Waals surface area contributed by atoms with Gasteiger partial charge in [-0.25, -0.2) is 26.9 Å². The smallest absolute Gasteiger partial charge is 0.206 e. The molecule has 0 atom stereocenters. The quantitative estimate of drug-likeness (QED) is 0.553. The second kappa shape index (κ2) is 4.44. The number of rotatable bonds is 1. The minimum absolute atomic E-state index is 0.0458. The maximum Gasteiger partial charge on any atom is 0.206 e. The summed E-state index contributed by atoms with van der Waals surface area (Å²) < 4.78 is 67.9. The molecule has 2 N–H and O–H groups in total. The van der Waals surface area contributed by atoms with Crippen molar-refractivity contribution in [3.8, 4) is 5.69 Å². The number of nitrogens with zero attached hydrogens (tertiary/aromatic N) is 2. The summed E-state index contributed by atoms with van der Waals surface area (Å²) in [6, 6.07) is 2.74. The highest BCUT2D eigenvalue weighted by Crippen LogP contribution is 2.29. The van der Waals surface area contributed by atoms with Crippen molar-refractivity contribution >= 4 is 17.0 Å². The zero-order chi connectivity index (χ0) is 15.3. The normalized spacial score (nSPS) is 11.3. The number of nitrogens with two attached hydrogens (primary N) is 1. The van der Waals surface area contributed by atoms with Gasteiger partial charge in [0.2, 0.25) is 5.95 Å². The molecule has 3 nitrogen and oxygen atoms in total. The zero-order valence-electron chi connectivity index (χ0n) is 10.2. The lowest BCUT2D eigenvalue weighted by Crippen LogP contribution is -2.06. The summed E-state index contributed by atoms with van der Waals surface area (Å²) in [7, 11) is 0. The molecule has 0 unspecified atom stereocenters. The van der Waals surface area contributed by atoms with Crippen molar-refractivity contribution < 1.29 is 22.0 Å². The lowest BCUT2D eigenvalue weighted by molar-refractivity contribution is 0.492. The van der Waals surface area contributed by atoms with Crippen LogP contribution in [0, 0.1) is 29.1 Å². The van der Waals surface area contributed by atoms with E-state index in [-0.39, 0.29) is 17.5 Å². The lowest BCUT2D eigenvalue weighted by atomic mass is 10.2. The van der Waals surface area contributed by atoms with Gasteiger partial charge in [0.1, 0.15) is 11.3 Å². The van der Waals surface area contributed by atoms with Crippen molar-refractivity contribution in [3.05, 3.63) is 53.4 Å². The summed E-state index contributed by atoms with van der Waals surface area (Å²) >= 11 is 0. The van der Waals surface area contributed by atoms with Crippen molar-refractivity contribution in [2.75, 3.05) is 5.73 Å². The highest BCUT2D eigenvalue weighted by atomic mass is 19.2. The van der Waals surface area contributed by atoms with Gasteiger partial charge in [-0.3, -0.25) is 4.57 Å². The van der Waals surface area contributed by atoms with E-state index in [2.05, 4.69) is 4.98 Å². The minimum atomic E-state index is -1.41. The summed E-state index contributed by atoms with van der Waals surface area (Å²) in [5.41, 5.74) is 4.46. The summed E-state index contributed by atoms with van der Waals surface area (Å²) in [5.74, 6) is -6.87. The van der Waals surface area contributed by atoms with Gasteiger partial charge in [0, 0.05) is 12.1 Å². The molecule has 0 fully saturated rings. The molecule has 3 aromatic rings. The van der Waals surface area contributed by atoms with Crippen LogP contribution in [0.1, 0.15) is 0 Å². The Labute approximate surface area is 114 Å². The first-order valence-electron chi connectivity index (χ1n) is 5.67. The van der Waals surface area contributed by atoms with Crippen molar-refractivity contribution in [2.45, 2.75) is 0 Å². The molecular weight excluding hydrogens is 293 g/mol. The number of hydrogen-bond donors (Lipinski definition) is 1. The number of benzene rings is 2. The van der Waals surface area contributed by atoms with E-state index in [1.54, 1.807) is 0 Å². The average Bonchev–Trinajstić information content (AvgIpc) is 2.75. The van der Waals surface area contributed by atoms with Crippen LogP contribution in [0.2, 0.25) is 0 Å². The zero-order valence-corrected chi connectivity index (χ0v) is 10.2. The summed E-state index contributed by atoms with van der Waals surface area (Å²) in [6.45, 7) is 0. The highest BCUT2D eigenvalue weighted by Gasteiger charge is 2.21. The molecule has 0 bridgehead atoms. The van der Waals surface area contributed by atoms with Crippen LogP contribution in [-0.4, -0.2) is 9.55 Å². The minimum Gasteiger partial charge on any atom is -0.369 e. The number of anilines is 1. The molecule has 1 aromatic heterocycles. The topological polar surface area (TPSA) is 43.8 Å². The fourth-order valence-corrected chi connectivity index (χ4v) is 2.05. The number of fused-ring (bicyclic) bond motifs is 1. The molecule has 0 spiro atoms. The van der Waals surface area contributed by atoms with Gasteiger partial charge in [0.15, 0.2) is 23.3 Å². The Morgan fingerprint density at radius 2 is 1.52 bits per heavy atom. The number of aromatic nitrogens is 2. The van der Waals surface area contributed by atoms with Gasteiger partial charge in [-0.05, 0) is 12.1 Å². The maximum atomic E-state index is 13.9. The molecule has 8 heteroatoms. The summed E-state index contributed by atoms with van der Waals surface area (Å²) in [4.78, 5) is 3.74. The standard InChI is InChI=1S/C13H6F5N3/c14-5-1-2-9-12(11(5)18)21(13(19)20-9)10-4-7(16)6(15)3-8(10)17/h1-4H,(H2,19,20). The fraction of sp³-hybridized carbons (Fsp3) is 0. The van der Waals surface area contributed by atoms with E-state index in [1.165, 1.54) is 0 Å². The Kier molecular flexibility index (Phi) is 2.82. The predicted molar refractivity (Wildman–Crippen MR) is 65.3 cm³/mol. The molecule has 0 aliphatic rings. The molecule has 3 rings (SSSR count). The largest absolute Gasteiger partial charge is 0.369 e. The Balaban J connectivity index is 2.43. The van der Waals surface area contributed by atoms with Gasteiger partial charge in [-0.15, -0.1) is 0 Å². The van der Waals surface area contributed by atoms with Gasteiger partial charge in [0.25, 0.3) is 0 Å². The molecule has 0 aliphatic heterocycles. The van der Waals surface area contributed by atoms with Crippen molar-refractivity contribution in [1.82, 2.24) is 9.55 Å². The first-order chi connectivity index (χ1) is 9.90. The van der Waals surface area contributed by atoms with Crippen molar-refractivity contribution in [1.29, 1.82) is 0 Å². The molecular formula is C13H6F5N3. The van der Waals surface area contributed by atoms with Gasteiger partial charge in [0.05, 0.1) is 11.2 Å². The van der Waals surface area contributed by atoms with E-state index in [4.69, 9.17) is 5.73 Å². The van der Waals surface area contributed by atoms with Gasteiger partial charge >= 0.3 is 0 Å². The third-order valence-electron chi connectivity index (χ3n) is 2.97. The fourth-order valence-electron chi connectivity index (χ4n) is 2.05. The lowest BCUT2D eigenvalue weighted by Gasteiger charge is -2.09. The van der Waals surface area contributed by atoms with E-state index >= 15 is 0 Å². The van der Waals surface area contributed by atoms with E-state index < -0.39 is 40.3 Å². The molecule has 0 saturated heterocycles. The molecule has 0 saturated carbocycles. The van der Waals surface area contributed by atoms with Gasteiger partial charge in [-0.2, -0.15) is 0 Å². The van der Waals surface area contributed by atoms with Crippen LogP contribution < -0.4 is 5.73 Å². The summed E-state index contributed by atoms with van der Waals surface area (Å²) in [5, 5.41) is 0. The Morgan fingerprint density at radius 3 is 2.24 bits per heavy atom. The number of halogens is 5. The van der Waals surface area contributed by atoms with Crippen molar-refractivity contribution in [2.24, 2.45) is 0 Å². The van der Waals surface area contributed by atoms with Crippen LogP contribution in [-0.2, 0) is 0 Å². The van der Waals surface area contributed by atoms with E-state index in [0.717, 1.165) is 12.1 Å². The molecule has 108 valence electrons. The second-order valence-corrected chi connectivity index (χ2v) is 4.25. The van der Waals surface area contributed by atoms with Crippen LogP contribution in [0.3, 0.4) is 0 Å². The first kappa shape index (κ1) is 13.3. The van der Waals surface area contributed by atoms with Crippen LogP contribution in [0.15, 0.2) is 24.3 Å². The molecule has 2 aromatic carbocycles. The monoisotopic (exact) mass is 299 g/mol. The number of hydrogen-bond acceptors (Lipinski definition) is 2. The third kappa shape index (κ3) is 1.91. The van der Waals surface area contributed by atoms with Crippen LogP contribution in [0.25, 0.3) is 16.7 Å². The number of imidazole rings is 1. The third-order valence-corrected chi connectivity index (χ3v) is 2.97. The summed E-state index contributed by atoms with van der Waals surface area (Å²) in [6.07, 6.45) is 0. The van der Waals surface area contributed by atoms with Gasteiger partial charge in [-0.1, -0.05) is 0 Å². The van der Waals surface area contributed by atoms with Gasteiger partial charge < -0.3 is 5.73 Å². The molecule has 0 radical (unpaired) electrons. The molecule has 0 amide bonds. The molecule has 1 heterocycles. The molecule has 21 heavy (non-hydrogen) atoms. The van der Waals surface area contributed by atoms with Crippen LogP contribution in [0.4, 0.5) is 27.9 Å². The molecule has 0 aliphatic carbocycles. The first-order valence-corrected chi connectivity index (χ1v) is 5.67. The highest BCUT2D eigenvalue weighted by molar-refractivity contribution is 5.81. The van der Waals surface area contributed by atoms with Crippen molar-refractivity contribution in [3.63, 3.8) is 0 Å². The Bertz CT molecular complexity index is 872. The maximum absolute atomic E-state index is 13.9. The van der Waals surface area contributed by atoms with E-state index in [0.29, 0.717) is 10.6 Å². The number of nitrogen functional groups attached to an aromatic ring is 1. The van der Waals surface area contributed by atoms with Crippen LogP contribution in [0.5, 0.6) is 0 Å². The van der Waals surface area contributed by atoms with Crippen LogP contribution >= 0.6 is 0 Å². The second-order valence-electron chi connectivity index (χ2n) is 4.25. The van der Waals surface area contributed by atoms with E-state index in [1.807, 2.05) is 0 Å². The SMILES string of the molecule is Nc1nc2ccc(F)c(F)c2n1-c1cc(F)c(F)cc1F. The average molecular weight is 299 g/mol. The Hall–Kier alpha value is -2.64. The Morgan fingerprint density at radius 1 is 0.857 bits per heavy atom. The van der Waals surface area contributed by atoms with E-state index in [9.17, 15) is 22.0 Å². The predicted octanol–water partition coefficient (Wildman–Crippen LogP) is 3.30.